The van der Waals surface area contributed by atoms with Gasteiger partial charge in [-0.25, -0.2) is 13.8 Å². The van der Waals surface area contributed by atoms with Crippen LogP contribution in [-0.4, -0.2) is 59.2 Å². The van der Waals surface area contributed by atoms with Crippen LogP contribution in [0.15, 0.2) is 47.0 Å². The molecule has 2 aromatic heterocycles. The predicted molar refractivity (Wildman–Crippen MR) is 175 cm³/mol. The average Bonchev–Trinajstić information content (AvgIpc) is 3.34. The van der Waals surface area contributed by atoms with Crippen LogP contribution < -0.4 is 25.8 Å². The lowest BCUT2D eigenvalue weighted by atomic mass is 9.97. The molecule has 0 aliphatic carbocycles. The molecular formula is C32H31ClF2N8O2S. The van der Waals surface area contributed by atoms with Crippen LogP contribution >= 0.6 is 23.4 Å². The molecule has 0 saturated carbocycles. The summed E-state index contributed by atoms with van der Waals surface area (Å²) in [5, 5.41) is 10.3. The number of anilines is 2. The van der Waals surface area contributed by atoms with Crippen molar-refractivity contribution in [2.45, 2.75) is 36.7 Å². The van der Waals surface area contributed by atoms with Crippen molar-refractivity contribution >= 4 is 45.9 Å². The average molecular weight is 665 g/mol. The second-order valence-corrected chi connectivity index (χ2v) is 12.7. The van der Waals surface area contributed by atoms with Crippen LogP contribution in [0.25, 0.3) is 22.0 Å². The summed E-state index contributed by atoms with van der Waals surface area (Å²) in [6.07, 6.45) is 3.60. The molecular weight excluding hydrogens is 634 g/mol. The first kappa shape index (κ1) is 31.6. The first-order valence-corrected chi connectivity index (χ1v) is 15.8. The van der Waals surface area contributed by atoms with E-state index in [9.17, 15) is 9.65 Å². The van der Waals surface area contributed by atoms with Crippen molar-refractivity contribution in [2.75, 3.05) is 44.0 Å². The molecule has 6 rings (SSSR count). The number of hydrogen-bond acceptors (Lipinski definition) is 11. The van der Waals surface area contributed by atoms with Gasteiger partial charge in [0.05, 0.1) is 38.5 Å². The Hall–Kier alpha value is -4.38. The fraction of sp³-hybridized carbons (Fsp3) is 0.312. The van der Waals surface area contributed by atoms with Gasteiger partial charge in [-0.1, -0.05) is 36.0 Å². The Bertz CT molecular complexity index is 1910. The molecule has 0 amide bonds. The summed E-state index contributed by atoms with van der Waals surface area (Å²) in [6.45, 7) is 7.27. The lowest BCUT2D eigenvalue weighted by molar-refractivity contribution is 0.188. The van der Waals surface area contributed by atoms with Crippen molar-refractivity contribution in [3.63, 3.8) is 0 Å². The van der Waals surface area contributed by atoms with E-state index in [2.05, 4.69) is 21.4 Å². The van der Waals surface area contributed by atoms with Gasteiger partial charge in [0.15, 0.2) is 11.6 Å². The summed E-state index contributed by atoms with van der Waals surface area (Å²) in [7, 11) is 2.03. The second-order valence-electron chi connectivity index (χ2n) is 11.1. The van der Waals surface area contributed by atoms with Crippen LogP contribution in [0.4, 0.5) is 20.4 Å². The Labute approximate surface area is 274 Å². The minimum atomic E-state index is -0.847. The Morgan fingerprint density at radius 1 is 1.30 bits per heavy atom. The third-order valence-electron chi connectivity index (χ3n) is 8.38. The molecule has 2 aliphatic rings. The van der Waals surface area contributed by atoms with Gasteiger partial charge in [-0.3, -0.25) is 0 Å². The van der Waals surface area contributed by atoms with Gasteiger partial charge < -0.3 is 30.7 Å². The van der Waals surface area contributed by atoms with Crippen LogP contribution in [0, 0.1) is 23.0 Å². The third kappa shape index (κ3) is 5.61. The number of nitrogen functional groups attached to an aromatic ring is 1. The van der Waals surface area contributed by atoms with Crippen molar-refractivity contribution in [1.29, 1.82) is 5.26 Å². The number of ether oxygens (including phenoxy) is 2. The summed E-state index contributed by atoms with van der Waals surface area (Å²) in [5.74, 6) is -0.740. The Balaban J connectivity index is 1.59. The topological polar surface area (TPSA) is 139 Å². The van der Waals surface area contributed by atoms with E-state index in [0.29, 0.717) is 24.8 Å². The smallest absolute Gasteiger partial charge is 0.319 e. The summed E-state index contributed by atoms with van der Waals surface area (Å²) < 4.78 is 44.2. The van der Waals surface area contributed by atoms with Gasteiger partial charge in [-0.15, -0.1) is 0 Å². The highest BCUT2D eigenvalue weighted by Gasteiger charge is 2.34. The molecule has 10 nitrogen and oxygen atoms in total. The molecule has 1 fully saturated rings. The number of nitrogens with two attached hydrogens (primary N) is 2. The second kappa shape index (κ2) is 12.8. The number of halogens is 3. The van der Waals surface area contributed by atoms with E-state index in [-0.39, 0.29) is 73.0 Å². The van der Waals surface area contributed by atoms with Crippen molar-refractivity contribution in [1.82, 2.24) is 19.9 Å². The number of pyridine rings is 1. The van der Waals surface area contributed by atoms with Gasteiger partial charge in [-0.2, -0.15) is 15.2 Å². The maximum Gasteiger partial charge on any atom is 0.319 e. The number of hydrogen-bond donors (Lipinski definition) is 2. The molecule has 238 valence electrons. The van der Waals surface area contributed by atoms with Gasteiger partial charge in [-0.05, 0) is 51.6 Å². The van der Waals surface area contributed by atoms with Gasteiger partial charge in [0.2, 0.25) is 0 Å². The van der Waals surface area contributed by atoms with E-state index in [1.165, 1.54) is 6.07 Å². The van der Waals surface area contributed by atoms with E-state index >= 15 is 4.39 Å². The fourth-order valence-corrected chi connectivity index (χ4v) is 7.05. The van der Waals surface area contributed by atoms with Crippen molar-refractivity contribution in [3.05, 3.63) is 69.9 Å². The lowest BCUT2D eigenvalue weighted by Gasteiger charge is -2.30. The first-order chi connectivity index (χ1) is 22.1. The molecule has 4 aromatic rings. The number of aromatic nitrogens is 3. The highest BCUT2D eigenvalue weighted by molar-refractivity contribution is 8.03. The molecule has 46 heavy (non-hydrogen) atoms. The molecule has 2 aliphatic heterocycles. The molecule has 4 N–H and O–H groups in total. The molecule has 14 heteroatoms. The lowest BCUT2D eigenvalue weighted by Crippen LogP contribution is -2.32. The van der Waals surface area contributed by atoms with Crippen LogP contribution in [0.1, 0.15) is 36.9 Å². The summed E-state index contributed by atoms with van der Waals surface area (Å²) in [6, 6.07) is 7.83. The Kier molecular flexibility index (Phi) is 8.78. The van der Waals surface area contributed by atoms with Crippen LogP contribution in [0.2, 0.25) is 5.02 Å². The third-order valence-corrected chi connectivity index (χ3v) is 9.61. The van der Waals surface area contributed by atoms with Crippen molar-refractivity contribution < 1.29 is 18.3 Å². The van der Waals surface area contributed by atoms with E-state index in [1.54, 1.807) is 12.3 Å². The Morgan fingerprint density at radius 2 is 2.11 bits per heavy atom. The zero-order valence-electron chi connectivity index (χ0n) is 25.2. The van der Waals surface area contributed by atoms with E-state index in [1.807, 2.05) is 31.0 Å². The van der Waals surface area contributed by atoms with Crippen LogP contribution in [0.3, 0.4) is 0 Å². The minimum Gasteiger partial charge on any atom is -0.489 e. The van der Waals surface area contributed by atoms with E-state index in [0.717, 1.165) is 42.8 Å². The standard InChI is InChI=1S/C32H31ClF2N8O2S/c1-16(19-7-4-10-39-30(19)38)43-12-13-44-28-24-27(40-32(41-31(24)43)45-15-18-6-5-11-42(18)3)26(35)23(25(28)33)20-8-9-22(34)29(21(20)14-36)46-17(2)37/h4,7-10,16,18H,2,5-6,11-13,15,37H2,1,3H3,(H2,38,39)/t16-,18?/m1/s1. The van der Waals surface area contributed by atoms with Crippen molar-refractivity contribution in [2.24, 2.45) is 5.73 Å². The van der Waals surface area contributed by atoms with E-state index < -0.39 is 11.6 Å². The number of thioether (sulfide) groups is 1. The molecule has 1 unspecified atom stereocenters. The fourth-order valence-electron chi connectivity index (χ4n) is 6.03. The Morgan fingerprint density at radius 3 is 2.80 bits per heavy atom. The molecule has 2 atom stereocenters. The largest absolute Gasteiger partial charge is 0.489 e. The highest BCUT2D eigenvalue weighted by atomic mass is 35.5. The molecule has 1 saturated heterocycles. The zero-order chi connectivity index (χ0) is 32.7. The quantitative estimate of drug-likeness (QED) is 0.213. The summed E-state index contributed by atoms with van der Waals surface area (Å²) >= 11 is 7.72. The predicted octanol–water partition coefficient (Wildman–Crippen LogP) is 6.03. The number of nitriles is 1. The number of likely N-dealkylation sites (N-methyl/N-ethyl adjacent to an activating group) is 1. The molecule has 4 heterocycles. The monoisotopic (exact) mass is 664 g/mol. The maximum absolute atomic E-state index is 17.0. The van der Waals surface area contributed by atoms with Crippen LogP contribution in [-0.2, 0) is 0 Å². The van der Waals surface area contributed by atoms with Gasteiger partial charge in [0.1, 0.15) is 42.3 Å². The van der Waals surface area contributed by atoms with Gasteiger partial charge in [0, 0.05) is 28.9 Å². The molecule has 0 spiro atoms. The minimum absolute atomic E-state index is 0.0329. The molecule has 0 bridgehead atoms. The number of nitrogens with zero attached hydrogens (tertiary/aromatic N) is 6. The summed E-state index contributed by atoms with van der Waals surface area (Å²) in [5.41, 5.74) is 12.3. The number of rotatable bonds is 8. The van der Waals surface area contributed by atoms with Crippen LogP contribution in [0.5, 0.6) is 11.8 Å². The SMILES string of the molecule is C=C(N)Sc1c(F)ccc(-c2c(Cl)c3c4c(nc(OCC5CCCN5C)nc4c2F)N([C@H](C)c2cccnc2N)CCO3)c1C#N. The highest BCUT2D eigenvalue weighted by Crippen LogP contribution is 2.50. The van der Waals surface area contributed by atoms with E-state index in [4.69, 9.17) is 37.5 Å². The number of benzene rings is 2. The zero-order valence-corrected chi connectivity index (χ0v) is 26.8. The molecule has 2 aromatic carbocycles. The first-order valence-electron chi connectivity index (χ1n) is 14.6. The normalized spacial score (nSPS) is 17.0. The number of likely N-dealkylation sites (tertiary alicyclic amines) is 1. The van der Waals surface area contributed by atoms with Crippen molar-refractivity contribution in [3.8, 4) is 29.0 Å². The summed E-state index contributed by atoms with van der Waals surface area (Å²) in [4.78, 5) is 17.6. The van der Waals surface area contributed by atoms with Gasteiger partial charge >= 0.3 is 6.01 Å². The molecule has 0 radical (unpaired) electrons. The maximum atomic E-state index is 17.0. The van der Waals surface area contributed by atoms with Gasteiger partial charge in [0.25, 0.3) is 0 Å².